The molecular formula is C59H106O12. The van der Waals surface area contributed by atoms with Crippen molar-refractivity contribution in [2.24, 2.45) is 0 Å². The molecule has 0 saturated carbocycles. The van der Waals surface area contributed by atoms with Crippen LogP contribution in [0.5, 0.6) is 0 Å². The summed E-state index contributed by atoms with van der Waals surface area (Å²) in [4.78, 5) is 50.9. The summed E-state index contributed by atoms with van der Waals surface area (Å²) in [5.74, 6) is -3.11. The summed E-state index contributed by atoms with van der Waals surface area (Å²) in [6.07, 6.45) is 41.6. The predicted molar refractivity (Wildman–Crippen MR) is 285 cm³/mol. The number of rotatable bonds is 50. The Morgan fingerprint density at radius 2 is 0.803 bits per heavy atom. The van der Waals surface area contributed by atoms with Gasteiger partial charge in [-0.1, -0.05) is 212 Å². The van der Waals surface area contributed by atoms with Crippen molar-refractivity contribution >= 4 is 23.9 Å². The molecule has 0 aromatic rings. The van der Waals surface area contributed by atoms with E-state index in [9.17, 15) is 34.5 Å². The van der Waals surface area contributed by atoms with Crippen molar-refractivity contribution in [1.29, 1.82) is 0 Å². The van der Waals surface area contributed by atoms with Gasteiger partial charge in [0.15, 0.2) is 24.6 Å². The number of unbranched alkanes of at least 4 members (excludes halogenated alkanes) is 32. The van der Waals surface area contributed by atoms with E-state index in [1.807, 2.05) is 0 Å². The van der Waals surface area contributed by atoms with Gasteiger partial charge in [-0.05, 0) is 70.6 Å². The highest BCUT2D eigenvalue weighted by Gasteiger charge is 2.50. The van der Waals surface area contributed by atoms with Crippen LogP contribution in [0.25, 0.3) is 0 Å². The Morgan fingerprint density at radius 3 is 1.20 bits per heavy atom. The molecule has 71 heavy (non-hydrogen) atoms. The van der Waals surface area contributed by atoms with Crippen LogP contribution < -0.4 is 0 Å². The molecule has 0 radical (unpaired) electrons. The van der Waals surface area contributed by atoms with Crippen LogP contribution in [0.2, 0.25) is 0 Å². The summed E-state index contributed by atoms with van der Waals surface area (Å²) < 4.78 is 28.4. The normalized spacial score (nSPS) is 18.6. The van der Waals surface area contributed by atoms with E-state index in [4.69, 9.17) is 23.7 Å². The Labute approximate surface area is 432 Å². The number of carbonyl (C=O) groups is 4. The number of allylic oxidation sites excluding steroid dienone is 4. The molecule has 0 aliphatic carbocycles. The van der Waals surface area contributed by atoms with Gasteiger partial charge in [0.25, 0.3) is 0 Å². The Morgan fingerprint density at radius 1 is 0.451 bits per heavy atom. The molecule has 1 heterocycles. The number of aliphatic hydroxyl groups is 2. The Kier molecular flexibility index (Phi) is 44.9. The number of aliphatic hydroxyl groups excluding tert-OH is 2. The molecule has 1 rings (SSSR count). The minimum atomic E-state index is -1.90. The summed E-state index contributed by atoms with van der Waals surface area (Å²) >= 11 is 0. The van der Waals surface area contributed by atoms with E-state index in [1.54, 1.807) is 0 Å². The molecule has 1 fully saturated rings. The van der Waals surface area contributed by atoms with Crippen molar-refractivity contribution in [3.05, 3.63) is 24.3 Å². The standard InChI is InChI=1S/C59H106O12/c1-4-7-10-13-16-19-21-23-25-26-28-30-32-35-38-41-44-47-53(62)70-57-55(64)54(63)56(58(65)66)71-59(57)68-49-50(69-52(61)46-43-40-37-33-18-15-12-9-6-3)48-67-51(60)45-42-39-36-34-31-29-27-24-22-20-17-14-11-8-5-2/h23-25,27,50,54-57,59,63-64H,4-22,26,28-49H2,1-3H3,(H,65,66)/b25-23-,27-24-. The van der Waals surface area contributed by atoms with Crippen LogP contribution in [0.3, 0.4) is 0 Å². The zero-order valence-electron chi connectivity index (χ0n) is 45.5. The lowest BCUT2D eigenvalue weighted by Gasteiger charge is -2.40. The van der Waals surface area contributed by atoms with E-state index < -0.39 is 67.3 Å². The summed E-state index contributed by atoms with van der Waals surface area (Å²) in [5, 5.41) is 31.4. The zero-order chi connectivity index (χ0) is 51.8. The molecule has 0 aromatic heterocycles. The SMILES string of the molecule is CCCCCCCC/C=C\CCCCCCCCCC(=O)OC1C(OCC(COC(=O)CCCCCCC/C=C\CCCCCCCC)OC(=O)CCCCCCCCCCC)OC(C(=O)O)C(O)C1O. The molecule has 414 valence electrons. The van der Waals surface area contributed by atoms with Gasteiger partial charge in [0.05, 0.1) is 6.61 Å². The van der Waals surface area contributed by atoms with Crippen LogP contribution in [-0.4, -0.2) is 89.2 Å². The number of esters is 3. The van der Waals surface area contributed by atoms with E-state index in [0.29, 0.717) is 19.3 Å². The van der Waals surface area contributed by atoms with Crippen LogP contribution in [0.1, 0.15) is 278 Å². The monoisotopic (exact) mass is 1010 g/mol. The molecule has 0 spiro atoms. The highest BCUT2D eigenvalue weighted by molar-refractivity contribution is 5.74. The first-order valence-electron chi connectivity index (χ1n) is 29.3. The number of ether oxygens (including phenoxy) is 5. The largest absolute Gasteiger partial charge is 0.479 e. The summed E-state index contributed by atoms with van der Waals surface area (Å²) in [5.41, 5.74) is 0. The maximum Gasteiger partial charge on any atom is 0.335 e. The van der Waals surface area contributed by atoms with Gasteiger partial charge in [-0.25, -0.2) is 4.79 Å². The van der Waals surface area contributed by atoms with Gasteiger partial charge in [0.1, 0.15) is 18.8 Å². The van der Waals surface area contributed by atoms with Gasteiger partial charge >= 0.3 is 23.9 Å². The van der Waals surface area contributed by atoms with Crippen molar-refractivity contribution in [1.82, 2.24) is 0 Å². The Hall–Kier alpha value is -2.80. The number of hydrogen-bond acceptors (Lipinski definition) is 11. The maximum atomic E-state index is 13.1. The quantitative estimate of drug-likeness (QED) is 0.0228. The average Bonchev–Trinajstić information content (AvgIpc) is 3.35. The third kappa shape index (κ3) is 38.4. The van der Waals surface area contributed by atoms with E-state index in [2.05, 4.69) is 45.1 Å². The highest BCUT2D eigenvalue weighted by atomic mass is 16.7. The third-order valence-corrected chi connectivity index (χ3v) is 13.5. The Balaban J connectivity index is 2.65. The molecule has 1 aliphatic heterocycles. The molecular weight excluding hydrogens is 901 g/mol. The van der Waals surface area contributed by atoms with Crippen molar-refractivity contribution in [2.45, 2.75) is 314 Å². The zero-order valence-corrected chi connectivity index (χ0v) is 45.5. The van der Waals surface area contributed by atoms with Crippen molar-refractivity contribution in [3.63, 3.8) is 0 Å². The van der Waals surface area contributed by atoms with Crippen LogP contribution >= 0.6 is 0 Å². The third-order valence-electron chi connectivity index (χ3n) is 13.5. The minimum absolute atomic E-state index is 0.0591. The first-order chi connectivity index (χ1) is 34.6. The number of aliphatic carboxylic acids is 1. The highest BCUT2D eigenvalue weighted by Crippen LogP contribution is 2.26. The smallest absolute Gasteiger partial charge is 0.335 e. The summed E-state index contributed by atoms with van der Waals surface area (Å²) in [6.45, 7) is 5.97. The van der Waals surface area contributed by atoms with Gasteiger partial charge in [0, 0.05) is 19.3 Å². The van der Waals surface area contributed by atoms with E-state index in [-0.39, 0.29) is 25.9 Å². The first-order valence-corrected chi connectivity index (χ1v) is 29.3. The molecule has 0 aromatic carbocycles. The summed E-state index contributed by atoms with van der Waals surface area (Å²) in [6, 6.07) is 0. The molecule has 1 aliphatic rings. The fourth-order valence-electron chi connectivity index (χ4n) is 8.95. The average molecular weight is 1010 g/mol. The molecule has 0 amide bonds. The van der Waals surface area contributed by atoms with E-state index in [1.165, 1.54) is 128 Å². The van der Waals surface area contributed by atoms with Crippen molar-refractivity contribution < 1.29 is 58.2 Å². The second kappa shape index (κ2) is 48.2. The molecule has 3 N–H and O–H groups in total. The van der Waals surface area contributed by atoms with Crippen LogP contribution in [0.4, 0.5) is 0 Å². The van der Waals surface area contributed by atoms with Crippen LogP contribution in [0, 0.1) is 0 Å². The molecule has 12 nitrogen and oxygen atoms in total. The second-order valence-electron chi connectivity index (χ2n) is 20.3. The first kappa shape index (κ1) is 66.2. The minimum Gasteiger partial charge on any atom is -0.479 e. The predicted octanol–water partition coefficient (Wildman–Crippen LogP) is 14.7. The van der Waals surface area contributed by atoms with E-state index in [0.717, 1.165) is 89.9 Å². The van der Waals surface area contributed by atoms with Crippen LogP contribution in [0.15, 0.2) is 24.3 Å². The Bertz CT molecular complexity index is 1340. The lowest BCUT2D eigenvalue weighted by Crippen LogP contribution is -2.61. The number of hydrogen-bond donors (Lipinski definition) is 3. The molecule has 0 bridgehead atoms. The van der Waals surface area contributed by atoms with Gasteiger partial charge in [0.2, 0.25) is 0 Å². The molecule has 1 saturated heterocycles. The van der Waals surface area contributed by atoms with Gasteiger partial charge < -0.3 is 39.0 Å². The van der Waals surface area contributed by atoms with Crippen molar-refractivity contribution in [3.8, 4) is 0 Å². The fourth-order valence-corrected chi connectivity index (χ4v) is 8.95. The van der Waals surface area contributed by atoms with E-state index >= 15 is 0 Å². The molecule has 12 heteroatoms. The topological polar surface area (TPSA) is 175 Å². The summed E-state index contributed by atoms with van der Waals surface area (Å²) in [7, 11) is 0. The number of carbonyl (C=O) groups excluding carboxylic acids is 3. The van der Waals surface area contributed by atoms with Gasteiger partial charge in [-0.3, -0.25) is 14.4 Å². The number of carboxylic acid groups (broad SMARTS) is 1. The lowest BCUT2D eigenvalue weighted by atomic mass is 9.98. The lowest BCUT2D eigenvalue weighted by molar-refractivity contribution is -0.301. The van der Waals surface area contributed by atoms with Crippen molar-refractivity contribution in [2.75, 3.05) is 13.2 Å². The fraction of sp³-hybridized carbons (Fsp3) is 0.864. The van der Waals surface area contributed by atoms with Gasteiger partial charge in [-0.15, -0.1) is 0 Å². The van der Waals surface area contributed by atoms with Gasteiger partial charge in [-0.2, -0.15) is 0 Å². The maximum absolute atomic E-state index is 13.1. The second-order valence-corrected chi connectivity index (χ2v) is 20.3. The molecule has 6 atom stereocenters. The van der Waals surface area contributed by atoms with Crippen LogP contribution in [-0.2, 0) is 42.9 Å². The number of carboxylic acids is 1. The molecule has 6 unspecified atom stereocenters.